The third-order valence-electron chi connectivity index (χ3n) is 4.91. The van der Waals surface area contributed by atoms with Crippen LogP contribution in [0.1, 0.15) is 51.7 Å². The molecule has 0 radical (unpaired) electrons. The number of rotatable bonds is 9. The van der Waals surface area contributed by atoms with Gasteiger partial charge in [-0.2, -0.15) is 0 Å². The van der Waals surface area contributed by atoms with Crippen molar-refractivity contribution >= 4 is 0 Å². The molecule has 1 rings (SSSR count). The molecule has 0 N–H and O–H groups in total. The molecule has 4 nitrogen and oxygen atoms in total. The summed E-state index contributed by atoms with van der Waals surface area (Å²) in [6.45, 7) is 10.7. The summed E-state index contributed by atoms with van der Waals surface area (Å²) in [5.74, 6) is 2.52. The predicted octanol–water partition coefficient (Wildman–Crippen LogP) is 5.65. The van der Waals surface area contributed by atoms with Crippen molar-refractivity contribution in [3.63, 3.8) is 0 Å². The molecule has 1 aromatic rings. The molecule has 0 fully saturated rings. The Hall–Kier alpha value is -2.10. The maximum Gasteiger partial charge on any atom is 0.207 e. The summed E-state index contributed by atoms with van der Waals surface area (Å²) in [7, 11) is 6.52. The summed E-state index contributed by atoms with van der Waals surface area (Å²) in [5.41, 5.74) is 6.28. The van der Waals surface area contributed by atoms with Gasteiger partial charge in [0.1, 0.15) is 0 Å². The van der Waals surface area contributed by atoms with Crippen molar-refractivity contribution in [1.29, 1.82) is 0 Å². The highest BCUT2D eigenvalue weighted by Gasteiger charge is 2.24. The van der Waals surface area contributed by atoms with Crippen LogP contribution in [-0.4, -0.2) is 28.4 Å². The minimum absolute atomic E-state index is 0.563. The van der Waals surface area contributed by atoms with Gasteiger partial charge in [-0.05, 0) is 53.9 Å². The first-order valence-corrected chi connectivity index (χ1v) is 8.96. The maximum atomic E-state index is 5.65. The van der Waals surface area contributed by atoms with Gasteiger partial charge in [-0.25, -0.2) is 0 Å². The zero-order chi connectivity index (χ0) is 19.9. The lowest BCUT2D eigenvalue weighted by atomic mass is 9.98. The molecule has 1 aromatic carbocycles. The van der Waals surface area contributed by atoms with Crippen LogP contribution in [0.25, 0.3) is 0 Å². The van der Waals surface area contributed by atoms with Crippen molar-refractivity contribution in [2.45, 2.75) is 53.9 Å². The molecule has 0 atom stereocenters. The first kappa shape index (κ1) is 21.9. The first-order chi connectivity index (χ1) is 12.3. The summed E-state index contributed by atoms with van der Waals surface area (Å²) in [5, 5.41) is 0. The highest BCUT2D eigenvalue weighted by molar-refractivity contribution is 5.67. The van der Waals surface area contributed by atoms with E-state index < -0.39 is 0 Å². The molecule has 0 aliphatic rings. The summed E-state index contributed by atoms with van der Waals surface area (Å²) >= 11 is 0. The highest BCUT2D eigenvalue weighted by atomic mass is 16.5. The predicted molar refractivity (Wildman–Crippen MR) is 108 cm³/mol. The minimum atomic E-state index is 0.563. The Morgan fingerprint density at radius 3 is 1.69 bits per heavy atom. The lowest BCUT2D eigenvalue weighted by Crippen LogP contribution is -2.04. The van der Waals surface area contributed by atoms with Crippen LogP contribution in [0.2, 0.25) is 0 Å². The topological polar surface area (TPSA) is 36.9 Å². The van der Waals surface area contributed by atoms with Gasteiger partial charge >= 0.3 is 0 Å². The molecular formula is C22H34O4. The van der Waals surface area contributed by atoms with Gasteiger partial charge in [0.2, 0.25) is 11.5 Å². The number of ether oxygens (including phenoxy) is 4. The van der Waals surface area contributed by atoms with Crippen molar-refractivity contribution in [3.8, 4) is 23.0 Å². The van der Waals surface area contributed by atoms with E-state index in [9.17, 15) is 0 Å². The van der Waals surface area contributed by atoms with E-state index in [1.54, 1.807) is 28.4 Å². The van der Waals surface area contributed by atoms with Crippen LogP contribution in [0, 0.1) is 6.92 Å². The van der Waals surface area contributed by atoms with Crippen LogP contribution in [-0.2, 0) is 6.42 Å². The normalized spacial score (nSPS) is 11.2. The fourth-order valence-electron chi connectivity index (χ4n) is 2.91. The number of benzene rings is 1. The molecular weight excluding hydrogens is 328 g/mol. The molecule has 146 valence electrons. The van der Waals surface area contributed by atoms with E-state index in [4.69, 9.17) is 18.9 Å². The number of hydrogen-bond donors (Lipinski definition) is 0. The summed E-state index contributed by atoms with van der Waals surface area (Å²) < 4.78 is 22.3. The van der Waals surface area contributed by atoms with Crippen molar-refractivity contribution in [2.24, 2.45) is 0 Å². The highest BCUT2D eigenvalue weighted by Crippen LogP contribution is 2.49. The lowest BCUT2D eigenvalue weighted by molar-refractivity contribution is 0.302. The van der Waals surface area contributed by atoms with Crippen LogP contribution in [0.5, 0.6) is 23.0 Å². The number of hydrogen-bond acceptors (Lipinski definition) is 4. The minimum Gasteiger partial charge on any atom is -0.492 e. The zero-order valence-electron chi connectivity index (χ0n) is 17.8. The van der Waals surface area contributed by atoms with Crippen molar-refractivity contribution < 1.29 is 18.9 Å². The van der Waals surface area contributed by atoms with Gasteiger partial charge in [0.05, 0.1) is 28.4 Å². The second-order valence-electron chi connectivity index (χ2n) is 6.77. The van der Waals surface area contributed by atoms with Crippen LogP contribution in [0.3, 0.4) is 0 Å². The van der Waals surface area contributed by atoms with E-state index in [1.807, 2.05) is 6.92 Å². The monoisotopic (exact) mass is 362 g/mol. The zero-order valence-corrected chi connectivity index (χ0v) is 17.8. The SMILES string of the molecule is COc1c(C)c(C/C=C(\C)CCC(C)=C(C)C)c(OC)c(OC)c1OC. The van der Waals surface area contributed by atoms with Crippen molar-refractivity contribution in [1.82, 2.24) is 0 Å². The molecule has 26 heavy (non-hydrogen) atoms. The maximum absolute atomic E-state index is 5.65. The molecule has 0 bridgehead atoms. The van der Waals surface area contributed by atoms with Gasteiger partial charge in [-0.15, -0.1) is 0 Å². The van der Waals surface area contributed by atoms with Crippen LogP contribution in [0.4, 0.5) is 0 Å². The Morgan fingerprint density at radius 1 is 0.731 bits per heavy atom. The third kappa shape index (κ3) is 4.96. The first-order valence-electron chi connectivity index (χ1n) is 8.96. The van der Waals surface area contributed by atoms with Gasteiger partial charge < -0.3 is 18.9 Å². The van der Waals surface area contributed by atoms with Crippen LogP contribution in [0.15, 0.2) is 22.8 Å². The Bertz CT molecular complexity index is 680. The fourth-order valence-corrected chi connectivity index (χ4v) is 2.91. The van der Waals surface area contributed by atoms with Crippen molar-refractivity contribution in [2.75, 3.05) is 28.4 Å². The fraction of sp³-hybridized carbons (Fsp3) is 0.545. The molecule has 0 aliphatic heterocycles. The van der Waals surface area contributed by atoms with E-state index in [1.165, 1.54) is 16.7 Å². The van der Waals surface area contributed by atoms with Gasteiger partial charge in [0.15, 0.2) is 11.5 Å². The van der Waals surface area contributed by atoms with Gasteiger partial charge in [-0.1, -0.05) is 22.8 Å². The second kappa shape index (κ2) is 10.1. The summed E-state index contributed by atoms with van der Waals surface area (Å²) in [6, 6.07) is 0. The number of allylic oxidation sites excluding steroid dienone is 4. The molecule has 0 amide bonds. The molecule has 0 saturated carbocycles. The van der Waals surface area contributed by atoms with Gasteiger partial charge in [-0.3, -0.25) is 0 Å². The third-order valence-corrected chi connectivity index (χ3v) is 4.91. The Morgan fingerprint density at radius 2 is 1.23 bits per heavy atom. The Labute approximate surface area is 158 Å². The average Bonchev–Trinajstić information content (AvgIpc) is 2.63. The van der Waals surface area contributed by atoms with Crippen LogP contribution >= 0.6 is 0 Å². The summed E-state index contributed by atoms with van der Waals surface area (Å²) in [6.07, 6.45) is 5.17. The molecule has 0 aliphatic carbocycles. The molecule has 0 spiro atoms. The van der Waals surface area contributed by atoms with Gasteiger partial charge in [0, 0.05) is 11.1 Å². The smallest absolute Gasteiger partial charge is 0.207 e. The Balaban J connectivity index is 3.23. The van der Waals surface area contributed by atoms with E-state index in [0.717, 1.165) is 30.4 Å². The van der Waals surface area contributed by atoms with Crippen molar-refractivity contribution in [3.05, 3.63) is 33.9 Å². The molecule has 0 unspecified atom stereocenters. The lowest BCUT2D eigenvalue weighted by Gasteiger charge is -2.21. The van der Waals surface area contributed by atoms with E-state index in [2.05, 4.69) is 33.8 Å². The van der Waals surface area contributed by atoms with E-state index in [-0.39, 0.29) is 0 Å². The second-order valence-corrected chi connectivity index (χ2v) is 6.77. The average molecular weight is 363 g/mol. The van der Waals surface area contributed by atoms with Crippen LogP contribution < -0.4 is 18.9 Å². The molecule has 0 aromatic heterocycles. The summed E-state index contributed by atoms with van der Waals surface area (Å²) in [4.78, 5) is 0. The molecule has 4 heteroatoms. The van der Waals surface area contributed by atoms with E-state index in [0.29, 0.717) is 23.0 Å². The van der Waals surface area contributed by atoms with Gasteiger partial charge in [0.25, 0.3) is 0 Å². The quantitative estimate of drug-likeness (QED) is 0.532. The van der Waals surface area contributed by atoms with E-state index >= 15 is 0 Å². The number of methoxy groups -OCH3 is 4. The largest absolute Gasteiger partial charge is 0.492 e. The molecule has 0 saturated heterocycles. The molecule has 0 heterocycles. The standard InChI is InChI=1S/C22H34O4/c1-14(2)16(4)12-10-15(3)11-13-18-17(5)19(23-6)21(25-8)22(26-9)20(18)24-7/h11H,10,12-13H2,1-9H3/b15-11+. The Kier molecular flexibility index (Phi) is 8.56.